The van der Waals surface area contributed by atoms with Crippen LogP contribution in [0.2, 0.25) is 0 Å². The highest BCUT2D eigenvalue weighted by molar-refractivity contribution is 6.18. The summed E-state index contributed by atoms with van der Waals surface area (Å²) in [6, 6.07) is 10.6. The molecule has 1 aromatic rings. The number of hydrogen-bond acceptors (Lipinski definition) is 0. The fraction of sp³-hybridized carbons (Fsp3) is 0.400. The molecule has 1 saturated carbocycles. The minimum atomic E-state index is 0.749. The molecule has 1 fully saturated rings. The van der Waals surface area contributed by atoms with Crippen LogP contribution in [-0.4, -0.2) is 5.88 Å². The molecule has 0 aromatic heterocycles. The van der Waals surface area contributed by atoms with Crippen LogP contribution in [0.5, 0.6) is 0 Å². The van der Waals surface area contributed by atoms with E-state index in [2.05, 4.69) is 30.3 Å². The van der Waals surface area contributed by atoms with Crippen molar-refractivity contribution in [3.05, 3.63) is 35.9 Å². The van der Waals surface area contributed by atoms with Crippen molar-refractivity contribution >= 4 is 11.6 Å². The van der Waals surface area contributed by atoms with E-state index in [-0.39, 0.29) is 0 Å². The average molecular weight is 167 g/mol. The Morgan fingerprint density at radius 1 is 1.27 bits per heavy atom. The number of hydrogen-bond donors (Lipinski definition) is 0. The molecule has 1 heteroatoms. The molecular weight excluding hydrogens is 156 g/mol. The monoisotopic (exact) mass is 166 g/mol. The van der Waals surface area contributed by atoms with E-state index in [4.69, 9.17) is 11.6 Å². The molecule has 0 nitrogen and oxygen atoms in total. The summed E-state index contributed by atoms with van der Waals surface area (Å²) in [5, 5.41) is 0. The van der Waals surface area contributed by atoms with E-state index in [1.807, 2.05) is 0 Å². The maximum absolute atomic E-state index is 5.74. The first-order valence-electron chi connectivity index (χ1n) is 4.02. The van der Waals surface area contributed by atoms with E-state index in [9.17, 15) is 0 Å². The lowest BCUT2D eigenvalue weighted by Crippen LogP contribution is -1.82. The molecule has 0 saturated heterocycles. The van der Waals surface area contributed by atoms with Gasteiger partial charge in [-0.15, -0.1) is 11.6 Å². The molecule has 1 aliphatic rings. The Labute approximate surface area is 72.2 Å². The Kier molecular flexibility index (Phi) is 1.87. The van der Waals surface area contributed by atoms with Crippen LogP contribution < -0.4 is 0 Å². The van der Waals surface area contributed by atoms with E-state index in [0.717, 1.165) is 17.7 Å². The van der Waals surface area contributed by atoms with Crippen LogP contribution in [0, 0.1) is 5.92 Å². The smallest absolute Gasteiger partial charge is 0.0257 e. The summed E-state index contributed by atoms with van der Waals surface area (Å²) in [4.78, 5) is 0. The molecule has 0 radical (unpaired) electrons. The summed E-state index contributed by atoms with van der Waals surface area (Å²) in [6.07, 6.45) is 1.29. The third kappa shape index (κ3) is 1.41. The van der Waals surface area contributed by atoms with Crippen LogP contribution in [0.25, 0.3) is 0 Å². The van der Waals surface area contributed by atoms with Crippen molar-refractivity contribution < 1.29 is 0 Å². The van der Waals surface area contributed by atoms with Crippen LogP contribution in [-0.2, 0) is 0 Å². The van der Waals surface area contributed by atoms with Crippen LogP contribution in [0.4, 0.5) is 0 Å². The minimum Gasteiger partial charge on any atom is -0.126 e. The molecule has 0 heterocycles. The average Bonchev–Trinajstić information content (AvgIpc) is 2.85. The summed E-state index contributed by atoms with van der Waals surface area (Å²) >= 11 is 5.74. The quantitative estimate of drug-likeness (QED) is 0.593. The molecule has 2 unspecified atom stereocenters. The molecule has 2 atom stereocenters. The molecule has 11 heavy (non-hydrogen) atoms. The second-order valence-electron chi connectivity index (χ2n) is 3.17. The van der Waals surface area contributed by atoms with Crippen molar-refractivity contribution in [3.63, 3.8) is 0 Å². The van der Waals surface area contributed by atoms with Crippen LogP contribution in [0.15, 0.2) is 30.3 Å². The topological polar surface area (TPSA) is 0 Å². The predicted molar refractivity (Wildman–Crippen MR) is 48.0 cm³/mol. The lowest BCUT2D eigenvalue weighted by molar-refractivity contribution is 0.923. The van der Waals surface area contributed by atoms with E-state index in [1.165, 1.54) is 12.0 Å². The van der Waals surface area contributed by atoms with Gasteiger partial charge in [-0.1, -0.05) is 30.3 Å². The molecule has 0 spiro atoms. The van der Waals surface area contributed by atoms with Crippen molar-refractivity contribution in [1.82, 2.24) is 0 Å². The van der Waals surface area contributed by atoms with Gasteiger partial charge in [0, 0.05) is 5.88 Å². The van der Waals surface area contributed by atoms with Crippen LogP contribution >= 0.6 is 11.6 Å². The maximum Gasteiger partial charge on any atom is 0.0257 e. The first-order chi connectivity index (χ1) is 5.42. The number of benzene rings is 1. The summed E-state index contributed by atoms with van der Waals surface area (Å²) in [5.41, 5.74) is 1.46. The molecule has 1 aromatic carbocycles. The highest BCUT2D eigenvalue weighted by Crippen LogP contribution is 2.47. The van der Waals surface area contributed by atoms with Gasteiger partial charge in [-0.3, -0.25) is 0 Å². The molecule has 0 amide bonds. The van der Waals surface area contributed by atoms with Crippen LogP contribution in [0.1, 0.15) is 17.9 Å². The third-order valence-corrected chi connectivity index (χ3v) is 2.74. The second kappa shape index (κ2) is 2.86. The Hall–Kier alpha value is -0.490. The molecule has 0 bridgehead atoms. The first-order valence-corrected chi connectivity index (χ1v) is 4.56. The van der Waals surface area contributed by atoms with Gasteiger partial charge >= 0.3 is 0 Å². The Morgan fingerprint density at radius 2 is 2.00 bits per heavy atom. The fourth-order valence-corrected chi connectivity index (χ4v) is 1.87. The first kappa shape index (κ1) is 7.17. The zero-order valence-electron chi connectivity index (χ0n) is 6.33. The summed E-state index contributed by atoms with van der Waals surface area (Å²) in [6.45, 7) is 0. The predicted octanol–water partition coefficient (Wildman–Crippen LogP) is 3.03. The molecule has 1 aliphatic carbocycles. The van der Waals surface area contributed by atoms with Gasteiger partial charge in [0.2, 0.25) is 0 Å². The SMILES string of the molecule is ClCC1CC1c1ccccc1. The third-order valence-electron chi connectivity index (χ3n) is 2.35. The Bertz CT molecular complexity index is 230. The number of alkyl halides is 1. The molecule has 2 rings (SSSR count). The van der Waals surface area contributed by atoms with Crippen molar-refractivity contribution in [2.24, 2.45) is 5.92 Å². The van der Waals surface area contributed by atoms with E-state index in [1.54, 1.807) is 0 Å². The minimum absolute atomic E-state index is 0.749. The summed E-state index contributed by atoms with van der Waals surface area (Å²) in [5.74, 6) is 2.33. The van der Waals surface area contributed by atoms with Gasteiger partial charge in [0.1, 0.15) is 0 Å². The van der Waals surface area contributed by atoms with Gasteiger partial charge in [0.25, 0.3) is 0 Å². The standard InChI is InChI=1S/C10H11Cl/c11-7-9-6-10(9)8-4-2-1-3-5-8/h1-5,9-10H,6-7H2. The van der Waals surface area contributed by atoms with Crippen LogP contribution in [0.3, 0.4) is 0 Å². The van der Waals surface area contributed by atoms with Gasteiger partial charge in [-0.05, 0) is 23.8 Å². The van der Waals surface area contributed by atoms with E-state index in [0.29, 0.717) is 0 Å². The zero-order chi connectivity index (χ0) is 7.68. The molecule has 0 N–H and O–H groups in total. The largest absolute Gasteiger partial charge is 0.126 e. The Morgan fingerprint density at radius 3 is 2.55 bits per heavy atom. The zero-order valence-corrected chi connectivity index (χ0v) is 7.09. The Balaban J connectivity index is 2.09. The summed E-state index contributed by atoms with van der Waals surface area (Å²) < 4.78 is 0. The second-order valence-corrected chi connectivity index (χ2v) is 3.48. The van der Waals surface area contributed by atoms with Gasteiger partial charge < -0.3 is 0 Å². The van der Waals surface area contributed by atoms with Crippen molar-refractivity contribution in [1.29, 1.82) is 0 Å². The van der Waals surface area contributed by atoms with Gasteiger partial charge in [-0.2, -0.15) is 0 Å². The fourth-order valence-electron chi connectivity index (χ4n) is 1.53. The van der Waals surface area contributed by atoms with Gasteiger partial charge in [-0.25, -0.2) is 0 Å². The lowest BCUT2D eigenvalue weighted by atomic mass is 10.1. The van der Waals surface area contributed by atoms with Gasteiger partial charge in [0.15, 0.2) is 0 Å². The number of rotatable bonds is 2. The molecule has 0 aliphatic heterocycles. The van der Waals surface area contributed by atoms with Crippen molar-refractivity contribution in [2.75, 3.05) is 5.88 Å². The highest BCUT2D eigenvalue weighted by Gasteiger charge is 2.36. The van der Waals surface area contributed by atoms with Crippen molar-refractivity contribution in [3.8, 4) is 0 Å². The normalized spacial score (nSPS) is 28.5. The highest BCUT2D eigenvalue weighted by atomic mass is 35.5. The lowest BCUT2D eigenvalue weighted by Gasteiger charge is -1.95. The van der Waals surface area contributed by atoms with E-state index >= 15 is 0 Å². The van der Waals surface area contributed by atoms with E-state index < -0.39 is 0 Å². The number of halogens is 1. The maximum atomic E-state index is 5.74. The van der Waals surface area contributed by atoms with Crippen molar-refractivity contribution in [2.45, 2.75) is 12.3 Å². The summed E-state index contributed by atoms with van der Waals surface area (Å²) in [7, 11) is 0. The van der Waals surface area contributed by atoms with Gasteiger partial charge in [0.05, 0.1) is 0 Å². The molecule has 58 valence electrons. The molecular formula is C10H11Cl.